The van der Waals surface area contributed by atoms with Crippen molar-refractivity contribution in [3.63, 3.8) is 0 Å². The van der Waals surface area contributed by atoms with Gasteiger partial charge in [-0.1, -0.05) is 84.0 Å². The Labute approximate surface area is 156 Å². The van der Waals surface area contributed by atoms with Crippen LogP contribution in [0.15, 0.2) is 0 Å². The van der Waals surface area contributed by atoms with E-state index in [2.05, 4.69) is 6.92 Å². The zero-order valence-corrected chi connectivity index (χ0v) is 17.4. The molecule has 0 fully saturated rings. The van der Waals surface area contributed by atoms with Crippen molar-refractivity contribution in [2.45, 2.75) is 96.5 Å². The molecule has 0 aliphatic heterocycles. The fraction of sp³-hybridized carbons (Fsp3) is 0.952. The van der Waals surface area contributed by atoms with Crippen LogP contribution in [0.3, 0.4) is 0 Å². The summed E-state index contributed by atoms with van der Waals surface area (Å²) in [5, 5.41) is 10.8. The van der Waals surface area contributed by atoms with Crippen LogP contribution >= 0.6 is 0 Å². The molecule has 0 radical (unpaired) electrons. The molecule has 0 N–H and O–H groups in total. The van der Waals surface area contributed by atoms with Crippen molar-refractivity contribution in [2.75, 3.05) is 34.3 Å². The SMILES string of the molecule is CCCCCCCCCCCCCCC(C[N+](C)(C)CC(=O)[O-])OC. The molecule has 150 valence electrons. The summed E-state index contributed by atoms with van der Waals surface area (Å²) >= 11 is 0. The van der Waals surface area contributed by atoms with E-state index in [0.717, 1.165) is 13.0 Å². The Balaban J connectivity index is 3.54. The molecule has 0 heterocycles. The third kappa shape index (κ3) is 16.6. The average molecular weight is 358 g/mol. The molecule has 0 amide bonds. The van der Waals surface area contributed by atoms with Gasteiger partial charge in [-0.15, -0.1) is 0 Å². The van der Waals surface area contributed by atoms with Crippen molar-refractivity contribution in [3.05, 3.63) is 0 Å². The lowest BCUT2D eigenvalue weighted by atomic mass is 10.0. The van der Waals surface area contributed by atoms with E-state index in [4.69, 9.17) is 4.74 Å². The molecule has 0 aromatic heterocycles. The van der Waals surface area contributed by atoms with Crippen molar-refractivity contribution in [2.24, 2.45) is 0 Å². The number of hydrogen-bond donors (Lipinski definition) is 0. The highest BCUT2D eigenvalue weighted by Crippen LogP contribution is 2.14. The van der Waals surface area contributed by atoms with E-state index in [0.29, 0.717) is 4.48 Å². The lowest BCUT2D eigenvalue weighted by Gasteiger charge is -2.33. The number of methoxy groups -OCH3 is 1. The number of carboxylic acids is 1. The lowest BCUT2D eigenvalue weighted by molar-refractivity contribution is -0.888. The van der Waals surface area contributed by atoms with Crippen LogP contribution in [-0.4, -0.2) is 50.9 Å². The predicted molar refractivity (Wildman–Crippen MR) is 103 cm³/mol. The summed E-state index contributed by atoms with van der Waals surface area (Å²) in [6.45, 7) is 3.03. The molecule has 1 atom stereocenters. The molecule has 0 aliphatic carbocycles. The largest absolute Gasteiger partial charge is 0.544 e. The summed E-state index contributed by atoms with van der Waals surface area (Å²) in [5.41, 5.74) is 0. The predicted octanol–water partition coefficient (Wildman–Crippen LogP) is 3.92. The average Bonchev–Trinajstić information content (AvgIpc) is 2.53. The van der Waals surface area contributed by atoms with Crippen molar-refractivity contribution in [1.82, 2.24) is 0 Å². The second-order valence-electron chi connectivity index (χ2n) is 8.18. The fourth-order valence-corrected chi connectivity index (χ4v) is 3.46. The molecule has 0 spiro atoms. The third-order valence-corrected chi connectivity index (χ3v) is 4.97. The number of carboxylic acid groups (broad SMARTS) is 1. The number of likely N-dealkylation sites (N-methyl/N-ethyl adjacent to an activating group) is 1. The van der Waals surface area contributed by atoms with Gasteiger partial charge in [0, 0.05) is 7.11 Å². The van der Waals surface area contributed by atoms with Gasteiger partial charge < -0.3 is 19.1 Å². The molecule has 0 aromatic rings. The zero-order chi connectivity index (χ0) is 19.0. The second-order valence-corrected chi connectivity index (χ2v) is 8.18. The molecule has 0 bridgehead atoms. The first-order chi connectivity index (χ1) is 11.9. The van der Waals surface area contributed by atoms with E-state index < -0.39 is 5.97 Å². The van der Waals surface area contributed by atoms with E-state index in [1.807, 2.05) is 14.1 Å². The lowest BCUT2D eigenvalue weighted by Crippen LogP contribution is -2.52. The molecule has 25 heavy (non-hydrogen) atoms. The van der Waals surface area contributed by atoms with Gasteiger partial charge in [-0.3, -0.25) is 0 Å². The number of unbranched alkanes of at least 4 members (excludes halogenated alkanes) is 11. The monoisotopic (exact) mass is 357 g/mol. The van der Waals surface area contributed by atoms with Crippen molar-refractivity contribution in [1.29, 1.82) is 0 Å². The summed E-state index contributed by atoms with van der Waals surface area (Å²) in [6, 6.07) is 0. The van der Waals surface area contributed by atoms with Crippen LogP contribution in [0.4, 0.5) is 0 Å². The summed E-state index contributed by atoms with van der Waals surface area (Å²) in [5.74, 6) is -0.995. The minimum absolute atomic E-state index is 0.0400. The number of aliphatic carboxylic acids is 1. The number of ether oxygens (including phenoxy) is 1. The molecule has 4 nitrogen and oxygen atoms in total. The molecule has 0 aromatic carbocycles. The quantitative estimate of drug-likeness (QED) is 0.276. The highest BCUT2D eigenvalue weighted by molar-refractivity contribution is 5.65. The summed E-state index contributed by atoms with van der Waals surface area (Å²) in [4.78, 5) is 10.8. The minimum Gasteiger partial charge on any atom is -0.544 e. The maximum atomic E-state index is 10.8. The van der Waals surface area contributed by atoms with E-state index in [-0.39, 0.29) is 12.6 Å². The van der Waals surface area contributed by atoms with Crippen LogP contribution in [0.1, 0.15) is 90.4 Å². The van der Waals surface area contributed by atoms with Gasteiger partial charge in [-0.2, -0.15) is 0 Å². The van der Waals surface area contributed by atoms with Gasteiger partial charge in [-0.25, -0.2) is 0 Å². The first kappa shape index (κ1) is 24.4. The van der Waals surface area contributed by atoms with Gasteiger partial charge in [0.15, 0.2) is 0 Å². The maximum Gasteiger partial charge on any atom is 0.119 e. The standard InChI is InChI=1S/C21H43NO3/c1-5-6-7-8-9-10-11-12-13-14-15-16-17-20(25-4)18-22(2,3)19-21(23)24/h20H,5-19H2,1-4H3. The molecule has 0 aliphatic rings. The van der Waals surface area contributed by atoms with E-state index in [9.17, 15) is 9.90 Å². The first-order valence-electron chi connectivity index (χ1n) is 10.5. The smallest absolute Gasteiger partial charge is 0.119 e. The van der Waals surface area contributed by atoms with E-state index >= 15 is 0 Å². The van der Waals surface area contributed by atoms with Crippen LogP contribution in [0.5, 0.6) is 0 Å². The Kier molecular flexibility index (Phi) is 15.2. The molecule has 0 rings (SSSR count). The summed E-state index contributed by atoms with van der Waals surface area (Å²) < 4.78 is 5.95. The van der Waals surface area contributed by atoms with Gasteiger partial charge in [0.2, 0.25) is 0 Å². The number of hydrogen-bond acceptors (Lipinski definition) is 3. The molecule has 0 saturated heterocycles. The van der Waals surface area contributed by atoms with Crippen LogP contribution in [0.25, 0.3) is 0 Å². The van der Waals surface area contributed by atoms with Crippen LogP contribution in [0, 0.1) is 0 Å². The third-order valence-electron chi connectivity index (χ3n) is 4.97. The number of quaternary nitrogens is 1. The zero-order valence-electron chi connectivity index (χ0n) is 17.4. The molecule has 1 unspecified atom stereocenters. The van der Waals surface area contributed by atoms with E-state index in [1.54, 1.807) is 7.11 Å². The summed E-state index contributed by atoms with van der Waals surface area (Å²) in [6.07, 6.45) is 17.4. The van der Waals surface area contributed by atoms with Crippen LogP contribution in [0.2, 0.25) is 0 Å². The Morgan fingerprint density at radius 3 is 1.72 bits per heavy atom. The van der Waals surface area contributed by atoms with Crippen LogP contribution < -0.4 is 5.11 Å². The van der Waals surface area contributed by atoms with Gasteiger partial charge in [0.25, 0.3) is 0 Å². The first-order valence-corrected chi connectivity index (χ1v) is 10.5. The fourth-order valence-electron chi connectivity index (χ4n) is 3.46. The van der Waals surface area contributed by atoms with Gasteiger partial charge >= 0.3 is 0 Å². The maximum absolute atomic E-state index is 10.8. The van der Waals surface area contributed by atoms with Crippen LogP contribution in [-0.2, 0) is 9.53 Å². The van der Waals surface area contributed by atoms with Crippen molar-refractivity contribution in [3.8, 4) is 0 Å². The molecule has 4 heteroatoms. The Hall–Kier alpha value is -0.610. The number of carbonyl (C=O) groups excluding carboxylic acids is 1. The molecular formula is C21H43NO3. The number of nitrogens with zero attached hydrogens (tertiary/aromatic N) is 1. The van der Waals surface area contributed by atoms with Crippen molar-refractivity contribution >= 4 is 5.97 Å². The minimum atomic E-state index is -0.995. The highest BCUT2D eigenvalue weighted by atomic mass is 16.5. The molecular weight excluding hydrogens is 314 g/mol. The Morgan fingerprint density at radius 2 is 1.32 bits per heavy atom. The normalized spacial score (nSPS) is 13.1. The van der Waals surface area contributed by atoms with E-state index in [1.165, 1.54) is 77.0 Å². The van der Waals surface area contributed by atoms with Gasteiger partial charge in [0.1, 0.15) is 19.2 Å². The Bertz CT molecular complexity index is 318. The van der Waals surface area contributed by atoms with Gasteiger partial charge in [0.05, 0.1) is 20.1 Å². The highest BCUT2D eigenvalue weighted by Gasteiger charge is 2.21. The topological polar surface area (TPSA) is 49.4 Å². The second kappa shape index (κ2) is 15.6. The number of rotatable bonds is 18. The number of carbonyl (C=O) groups is 1. The Morgan fingerprint density at radius 1 is 0.880 bits per heavy atom. The van der Waals surface area contributed by atoms with Crippen molar-refractivity contribution < 1.29 is 19.1 Å². The van der Waals surface area contributed by atoms with Gasteiger partial charge in [-0.05, 0) is 6.42 Å². The summed E-state index contributed by atoms with van der Waals surface area (Å²) in [7, 11) is 5.57. The molecule has 0 saturated carbocycles.